The molecule has 1 aromatic rings. The number of hydrogen-bond donors (Lipinski definition) is 0. The van der Waals surface area contributed by atoms with Crippen LogP contribution in [0.25, 0.3) is 0 Å². The second-order valence-electron chi connectivity index (χ2n) is 10.2. The lowest BCUT2D eigenvalue weighted by Gasteiger charge is -2.50. The smallest absolute Gasteiger partial charge is 0.409 e. The van der Waals surface area contributed by atoms with E-state index in [1.54, 1.807) is 4.90 Å². The van der Waals surface area contributed by atoms with Crippen molar-refractivity contribution < 1.29 is 9.53 Å². The van der Waals surface area contributed by atoms with Gasteiger partial charge in [0.05, 0.1) is 18.5 Å². The molecule has 176 valence electrons. The molecule has 3 aliphatic heterocycles. The number of rotatable bonds is 4. The van der Waals surface area contributed by atoms with Crippen LogP contribution in [0, 0.1) is 5.41 Å². The predicted octanol–water partition coefficient (Wildman–Crippen LogP) is 3.60. The Morgan fingerprint density at radius 3 is 2.22 bits per heavy atom. The summed E-state index contributed by atoms with van der Waals surface area (Å²) < 4.78 is 5.12. The second-order valence-corrected chi connectivity index (χ2v) is 10.2. The van der Waals surface area contributed by atoms with Crippen LogP contribution in [0.15, 0.2) is 18.3 Å². The standard InChI is InChI=1S/C25H39N5O2/c1-2-32-24(31)30-18-16-28(17-19-30)22-6-7-23(26-20-22)29-14-10-25(11-15-29)8-12-27(13-9-25)21-4-3-5-21/h6-7,20-21H,2-5,8-19H2,1H3. The Hall–Kier alpha value is -2.02. The van der Waals surface area contributed by atoms with Crippen LogP contribution in [0.5, 0.6) is 0 Å². The first kappa shape index (κ1) is 21.8. The number of aromatic nitrogens is 1. The van der Waals surface area contributed by atoms with Crippen LogP contribution in [0.3, 0.4) is 0 Å². The van der Waals surface area contributed by atoms with Gasteiger partial charge in [-0.1, -0.05) is 6.42 Å². The molecule has 32 heavy (non-hydrogen) atoms. The molecule has 0 aromatic carbocycles. The minimum absolute atomic E-state index is 0.197. The van der Waals surface area contributed by atoms with Gasteiger partial charge in [0.25, 0.3) is 0 Å². The van der Waals surface area contributed by atoms with Crippen molar-refractivity contribution in [3.8, 4) is 0 Å². The number of amides is 1. The quantitative estimate of drug-likeness (QED) is 0.712. The lowest BCUT2D eigenvalue weighted by Crippen LogP contribution is -2.51. The lowest BCUT2D eigenvalue weighted by atomic mass is 9.70. The van der Waals surface area contributed by atoms with E-state index in [2.05, 4.69) is 26.8 Å². The Bertz CT molecular complexity index is 755. The van der Waals surface area contributed by atoms with E-state index >= 15 is 0 Å². The fourth-order valence-electron chi connectivity index (χ4n) is 5.94. The summed E-state index contributed by atoms with van der Waals surface area (Å²) in [5, 5.41) is 0. The van der Waals surface area contributed by atoms with Crippen LogP contribution >= 0.6 is 0 Å². The van der Waals surface area contributed by atoms with Crippen molar-refractivity contribution in [1.29, 1.82) is 0 Å². The van der Waals surface area contributed by atoms with Gasteiger partial charge >= 0.3 is 6.09 Å². The third-order valence-electron chi connectivity index (χ3n) is 8.50. The van der Waals surface area contributed by atoms with Gasteiger partial charge in [0.2, 0.25) is 0 Å². The summed E-state index contributed by atoms with van der Waals surface area (Å²) in [5.74, 6) is 1.11. The molecule has 0 atom stereocenters. The molecule has 1 amide bonds. The molecule has 4 heterocycles. The van der Waals surface area contributed by atoms with Gasteiger partial charge in [-0.2, -0.15) is 0 Å². The fraction of sp³-hybridized carbons (Fsp3) is 0.760. The molecule has 3 saturated heterocycles. The van der Waals surface area contributed by atoms with Crippen molar-refractivity contribution in [2.45, 2.75) is 57.9 Å². The van der Waals surface area contributed by atoms with Crippen molar-refractivity contribution in [1.82, 2.24) is 14.8 Å². The Labute approximate surface area is 192 Å². The van der Waals surface area contributed by atoms with E-state index < -0.39 is 0 Å². The number of pyridine rings is 1. The van der Waals surface area contributed by atoms with Crippen LogP contribution in [0.4, 0.5) is 16.3 Å². The Morgan fingerprint density at radius 2 is 1.66 bits per heavy atom. The molecular weight excluding hydrogens is 402 g/mol. The first-order chi connectivity index (χ1) is 15.7. The van der Waals surface area contributed by atoms with E-state index in [1.807, 2.05) is 13.1 Å². The maximum Gasteiger partial charge on any atom is 0.409 e. The predicted molar refractivity (Wildman–Crippen MR) is 127 cm³/mol. The number of piperazine rings is 1. The minimum Gasteiger partial charge on any atom is -0.450 e. The Kier molecular flexibility index (Phi) is 6.44. The molecule has 0 unspecified atom stereocenters. The zero-order chi connectivity index (χ0) is 22.0. The van der Waals surface area contributed by atoms with Gasteiger partial charge < -0.3 is 24.3 Å². The highest BCUT2D eigenvalue weighted by atomic mass is 16.6. The summed E-state index contributed by atoms with van der Waals surface area (Å²) in [6.07, 6.45) is 11.5. The van der Waals surface area contributed by atoms with Crippen LogP contribution in [-0.2, 0) is 4.74 Å². The highest BCUT2D eigenvalue weighted by molar-refractivity contribution is 5.68. The molecule has 0 radical (unpaired) electrons. The van der Waals surface area contributed by atoms with E-state index in [-0.39, 0.29) is 6.09 Å². The molecule has 1 aliphatic carbocycles. The summed E-state index contributed by atoms with van der Waals surface area (Å²) in [7, 11) is 0. The van der Waals surface area contributed by atoms with Crippen molar-refractivity contribution >= 4 is 17.6 Å². The van der Waals surface area contributed by atoms with Crippen LogP contribution in [0.2, 0.25) is 0 Å². The molecule has 0 N–H and O–H groups in total. The number of likely N-dealkylation sites (tertiary alicyclic amines) is 1. The molecule has 7 nitrogen and oxygen atoms in total. The molecule has 1 spiro atoms. The normalized spacial score (nSPS) is 24.5. The SMILES string of the molecule is CCOC(=O)N1CCN(c2ccc(N3CCC4(CC3)CCN(C3CCC3)CC4)nc2)CC1. The van der Waals surface area contributed by atoms with E-state index in [9.17, 15) is 4.79 Å². The average Bonchev–Trinajstić information content (AvgIpc) is 2.81. The van der Waals surface area contributed by atoms with E-state index in [4.69, 9.17) is 9.72 Å². The lowest BCUT2D eigenvalue weighted by molar-refractivity contribution is 0.0305. The number of nitrogens with zero attached hydrogens (tertiary/aromatic N) is 5. The van der Waals surface area contributed by atoms with Gasteiger partial charge in [-0.05, 0) is 76.1 Å². The maximum atomic E-state index is 11.9. The Morgan fingerprint density at radius 1 is 0.969 bits per heavy atom. The van der Waals surface area contributed by atoms with Gasteiger partial charge in [-0.15, -0.1) is 0 Å². The van der Waals surface area contributed by atoms with Crippen molar-refractivity contribution in [3.05, 3.63) is 18.3 Å². The number of piperidine rings is 2. The molecule has 7 heteroatoms. The number of ether oxygens (including phenoxy) is 1. The van der Waals surface area contributed by atoms with Gasteiger partial charge in [0, 0.05) is 45.3 Å². The van der Waals surface area contributed by atoms with Gasteiger partial charge in [0.15, 0.2) is 0 Å². The van der Waals surface area contributed by atoms with Crippen LogP contribution in [0.1, 0.15) is 51.9 Å². The first-order valence-corrected chi connectivity index (χ1v) is 12.8. The molecule has 5 rings (SSSR count). The summed E-state index contributed by atoms with van der Waals surface area (Å²) in [6.45, 7) is 10.2. The molecule has 4 fully saturated rings. The van der Waals surface area contributed by atoms with E-state index in [0.717, 1.165) is 43.7 Å². The molecule has 1 saturated carbocycles. The Balaban J connectivity index is 1.10. The topological polar surface area (TPSA) is 52.2 Å². The second kappa shape index (κ2) is 9.46. The van der Waals surface area contributed by atoms with Crippen LogP contribution < -0.4 is 9.80 Å². The monoisotopic (exact) mass is 441 g/mol. The van der Waals surface area contributed by atoms with Gasteiger partial charge in [0.1, 0.15) is 5.82 Å². The van der Waals surface area contributed by atoms with Crippen molar-refractivity contribution in [2.24, 2.45) is 5.41 Å². The number of carbonyl (C=O) groups excluding carboxylic acids is 1. The van der Waals surface area contributed by atoms with Crippen LogP contribution in [-0.4, -0.2) is 85.9 Å². The summed E-state index contributed by atoms with van der Waals surface area (Å²) >= 11 is 0. The number of anilines is 2. The molecule has 4 aliphatic rings. The zero-order valence-electron chi connectivity index (χ0n) is 19.7. The fourth-order valence-corrected chi connectivity index (χ4v) is 5.94. The van der Waals surface area contributed by atoms with Gasteiger partial charge in [-0.25, -0.2) is 9.78 Å². The van der Waals surface area contributed by atoms with Crippen molar-refractivity contribution in [3.63, 3.8) is 0 Å². The third-order valence-corrected chi connectivity index (χ3v) is 8.50. The molecular formula is C25H39N5O2. The minimum atomic E-state index is -0.197. The zero-order valence-corrected chi connectivity index (χ0v) is 19.7. The highest BCUT2D eigenvalue weighted by Crippen LogP contribution is 2.43. The summed E-state index contributed by atoms with van der Waals surface area (Å²) in [6, 6.07) is 5.29. The number of carbonyl (C=O) groups is 1. The number of hydrogen-bond acceptors (Lipinski definition) is 6. The highest BCUT2D eigenvalue weighted by Gasteiger charge is 2.39. The maximum absolute atomic E-state index is 11.9. The summed E-state index contributed by atoms with van der Waals surface area (Å²) in [5.41, 5.74) is 1.73. The molecule has 1 aromatic heterocycles. The van der Waals surface area contributed by atoms with E-state index in [1.165, 1.54) is 58.0 Å². The van der Waals surface area contributed by atoms with Gasteiger partial charge in [-0.3, -0.25) is 0 Å². The van der Waals surface area contributed by atoms with Crippen molar-refractivity contribution in [2.75, 3.05) is 68.8 Å². The largest absolute Gasteiger partial charge is 0.450 e. The third kappa shape index (κ3) is 4.54. The first-order valence-electron chi connectivity index (χ1n) is 12.8. The average molecular weight is 442 g/mol. The molecule has 0 bridgehead atoms. The summed E-state index contributed by atoms with van der Waals surface area (Å²) in [4.78, 5) is 26.1. The van der Waals surface area contributed by atoms with E-state index in [0.29, 0.717) is 25.1 Å².